The summed E-state index contributed by atoms with van der Waals surface area (Å²) in [5, 5.41) is 3.90. The van der Waals surface area contributed by atoms with Gasteiger partial charge in [-0.15, -0.1) is 0 Å². The van der Waals surface area contributed by atoms with E-state index in [1.807, 2.05) is 0 Å². The van der Waals surface area contributed by atoms with Crippen molar-refractivity contribution >= 4 is 0 Å². The molecule has 2 fully saturated rings. The molecule has 3 nitrogen and oxygen atoms in total. The smallest absolute Gasteiger partial charge is 0.0209 e. The maximum atomic E-state index is 3.90. The van der Waals surface area contributed by atoms with Crippen LogP contribution in [0.2, 0.25) is 0 Å². The van der Waals surface area contributed by atoms with Gasteiger partial charge in [0.05, 0.1) is 0 Å². The van der Waals surface area contributed by atoms with E-state index in [9.17, 15) is 0 Å². The second kappa shape index (κ2) is 7.39. The maximum Gasteiger partial charge on any atom is 0.0209 e. The van der Waals surface area contributed by atoms with Crippen molar-refractivity contribution in [3.8, 4) is 0 Å². The van der Waals surface area contributed by atoms with Crippen LogP contribution in [0.15, 0.2) is 30.3 Å². The van der Waals surface area contributed by atoms with Crippen LogP contribution in [0.3, 0.4) is 0 Å². The first kappa shape index (κ1) is 15.0. The first-order valence-electron chi connectivity index (χ1n) is 8.50. The number of hydrogen-bond acceptors (Lipinski definition) is 3. The summed E-state index contributed by atoms with van der Waals surface area (Å²) in [5.74, 6) is 0. The third-order valence-electron chi connectivity index (χ3n) is 5.02. The Hall–Kier alpha value is -0.900. The van der Waals surface area contributed by atoms with E-state index < -0.39 is 0 Å². The van der Waals surface area contributed by atoms with Crippen LogP contribution >= 0.6 is 0 Å². The fraction of sp³-hybridized carbons (Fsp3) is 0.667. The Morgan fingerprint density at radius 3 is 2.48 bits per heavy atom. The SMILES string of the molecule is CN1CCC(NC2CCN(CCc3ccccc3)C2)CC1. The van der Waals surface area contributed by atoms with Crippen LogP contribution < -0.4 is 5.32 Å². The van der Waals surface area contributed by atoms with Gasteiger partial charge in [0.15, 0.2) is 0 Å². The number of nitrogens with zero attached hydrogens (tertiary/aromatic N) is 2. The molecular weight excluding hydrogens is 258 g/mol. The molecular formula is C18H29N3. The van der Waals surface area contributed by atoms with Crippen LogP contribution in [0, 0.1) is 0 Å². The lowest BCUT2D eigenvalue weighted by Crippen LogP contribution is -2.46. The van der Waals surface area contributed by atoms with Crippen molar-refractivity contribution in [1.82, 2.24) is 15.1 Å². The van der Waals surface area contributed by atoms with Gasteiger partial charge in [0, 0.05) is 25.2 Å². The van der Waals surface area contributed by atoms with Crippen molar-refractivity contribution in [2.24, 2.45) is 0 Å². The first-order valence-corrected chi connectivity index (χ1v) is 8.50. The molecule has 3 rings (SSSR count). The van der Waals surface area contributed by atoms with Crippen molar-refractivity contribution < 1.29 is 0 Å². The molecule has 1 unspecified atom stereocenters. The zero-order chi connectivity index (χ0) is 14.5. The minimum atomic E-state index is 0.717. The molecule has 0 aliphatic carbocycles. The third kappa shape index (κ3) is 4.53. The Morgan fingerprint density at radius 2 is 1.71 bits per heavy atom. The molecule has 0 aromatic heterocycles. The highest BCUT2D eigenvalue weighted by Gasteiger charge is 2.25. The maximum absolute atomic E-state index is 3.90. The van der Waals surface area contributed by atoms with Gasteiger partial charge in [-0.2, -0.15) is 0 Å². The standard InChI is InChI=1S/C18H29N3/c1-20-11-8-17(9-12-20)19-18-10-14-21(15-18)13-7-16-5-3-2-4-6-16/h2-6,17-19H,7-15H2,1H3. The quantitative estimate of drug-likeness (QED) is 0.893. The molecule has 2 heterocycles. The summed E-state index contributed by atoms with van der Waals surface area (Å²) in [6.45, 7) is 6.20. The van der Waals surface area contributed by atoms with Gasteiger partial charge in [-0.25, -0.2) is 0 Å². The topological polar surface area (TPSA) is 18.5 Å². The zero-order valence-electron chi connectivity index (χ0n) is 13.3. The summed E-state index contributed by atoms with van der Waals surface area (Å²) in [4.78, 5) is 5.07. The minimum absolute atomic E-state index is 0.717. The Morgan fingerprint density at radius 1 is 1.00 bits per heavy atom. The van der Waals surface area contributed by atoms with Gasteiger partial charge < -0.3 is 15.1 Å². The predicted octanol–water partition coefficient (Wildman–Crippen LogP) is 1.99. The number of nitrogens with one attached hydrogen (secondary N) is 1. The molecule has 2 aliphatic rings. The van der Waals surface area contributed by atoms with Gasteiger partial charge in [0.2, 0.25) is 0 Å². The lowest BCUT2D eigenvalue weighted by molar-refractivity contribution is 0.222. The molecule has 116 valence electrons. The lowest BCUT2D eigenvalue weighted by atomic mass is 10.0. The van der Waals surface area contributed by atoms with E-state index in [0.29, 0.717) is 6.04 Å². The molecule has 1 aromatic carbocycles. The summed E-state index contributed by atoms with van der Waals surface area (Å²) in [5.41, 5.74) is 1.46. The Kier molecular flexibility index (Phi) is 5.28. The highest BCUT2D eigenvalue weighted by Crippen LogP contribution is 2.15. The average molecular weight is 287 g/mol. The Balaban J connectivity index is 1.37. The van der Waals surface area contributed by atoms with Crippen LogP contribution in [0.25, 0.3) is 0 Å². The van der Waals surface area contributed by atoms with E-state index in [2.05, 4.69) is 52.5 Å². The van der Waals surface area contributed by atoms with Gasteiger partial charge in [-0.3, -0.25) is 0 Å². The van der Waals surface area contributed by atoms with E-state index in [-0.39, 0.29) is 0 Å². The van der Waals surface area contributed by atoms with Crippen LogP contribution in [0.1, 0.15) is 24.8 Å². The molecule has 3 heteroatoms. The summed E-state index contributed by atoms with van der Waals surface area (Å²) in [7, 11) is 2.23. The van der Waals surface area contributed by atoms with E-state index in [4.69, 9.17) is 0 Å². The summed E-state index contributed by atoms with van der Waals surface area (Å²) in [6, 6.07) is 12.3. The predicted molar refractivity (Wildman–Crippen MR) is 88.6 cm³/mol. The third-order valence-corrected chi connectivity index (χ3v) is 5.02. The molecule has 1 atom stereocenters. The monoisotopic (exact) mass is 287 g/mol. The number of hydrogen-bond donors (Lipinski definition) is 1. The molecule has 0 bridgehead atoms. The van der Waals surface area contributed by atoms with Crippen molar-refractivity contribution in [3.63, 3.8) is 0 Å². The molecule has 0 radical (unpaired) electrons. The highest BCUT2D eigenvalue weighted by molar-refractivity contribution is 5.14. The molecule has 21 heavy (non-hydrogen) atoms. The van der Waals surface area contributed by atoms with Crippen LogP contribution in [-0.4, -0.2) is 61.7 Å². The van der Waals surface area contributed by atoms with Gasteiger partial charge in [0.25, 0.3) is 0 Å². The molecule has 2 saturated heterocycles. The normalized spacial score (nSPS) is 25.5. The number of piperidine rings is 1. The Labute approximate surface area is 129 Å². The van der Waals surface area contributed by atoms with E-state index in [1.165, 1.54) is 64.0 Å². The van der Waals surface area contributed by atoms with E-state index in [0.717, 1.165) is 6.04 Å². The van der Waals surface area contributed by atoms with Crippen molar-refractivity contribution in [2.75, 3.05) is 39.8 Å². The first-order chi connectivity index (χ1) is 10.3. The summed E-state index contributed by atoms with van der Waals surface area (Å²) < 4.78 is 0. The highest BCUT2D eigenvalue weighted by atomic mass is 15.2. The summed E-state index contributed by atoms with van der Waals surface area (Å²) >= 11 is 0. The fourth-order valence-corrected chi connectivity index (χ4v) is 3.61. The molecule has 1 aromatic rings. The van der Waals surface area contributed by atoms with Crippen molar-refractivity contribution in [1.29, 1.82) is 0 Å². The molecule has 0 amide bonds. The molecule has 0 saturated carbocycles. The van der Waals surface area contributed by atoms with E-state index >= 15 is 0 Å². The molecule has 2 aliphatic heterocycles. The van der Waals surface area contributed by atoms with Gasteiger partial charge in [0.1, 0.15) is 0 Å². The molecule has 0 spiro atoms. The van der Waals surface area contributed by atoms with Crippen molar-refractivity contribution in [2.45, 2.75) is 37.8 Å². The average Bonchev–Trinajstić information content (AvgIpc) is 2.96. The van der Waals surface area contributed by atoms with Crippen LogP contribution in [0.4, 0.5) is 0 Å². The molecule has 1 N–H and O–H groups in total. The number of benzene rings is 1. The Bertz CT molecular complexity index is 412. The fourth-order valence-electron chi connectivity index (χ4n) is 3.61. The van der Waals surface area contributed by atoms with Crippen LogP contribution in [-0.2, 0) is 6.42 Å². The summed E-state index contributed by atoms with van der Waals surface area (Å²) in [6.07, 6.45) is 5.14. The van der Waals surface area contributed by atoms with Crippen LogP contribution in [0.5, 0.6) is 0 Å². The lowest BCUT2D eigenvalue weighted by Gasteiger charge is -2.31. The second-order valence-electron chi connectivity index (χ2n) is 6.77. The largest absolute Gasteiger partial charge is 0.310 e. The van der Waals surface area contributed by atoms with Gasteiger partial charge >= 0.3 is 0 Å². The van der Waals surface area contributed by atoms with E-state index in [1.54, 1.807) is 0 Å². The van der Waals surface area contributed by atoms with Crippen molar-refractivity contribution in [3.05, 3.63) is 35.9 Å². The zero-order valence-corrected chi connectivity index (χ0v) is 13.3. The second-order valence-corrected chi connectivity index (χ2v) is 6.77. The van der Waals surface area contributed by atoms with Gasteiger partial charge in [-0.1, -0.05) is 30.3 Å². The minimum Gasteiger partial charge on any atom is -0.310 e. The number of likely N-dealkylation sites (tertiary alicyclic amines) is 2. The number of rotatable bonds is 5. The van der Waals surface area contributed by atoms with Gasteiger partial charge in [-0.05, 0) is 57.9 Å².